The number of thiocarbonyl (C=S) groups is 1. The number of rotatable bonds is 5. The lowest BCUT2D eigenvalue weighted by atomic mass is 9.95. The molecule has 0 saturated heterocycles. The van der Waals surface area contributed by atoms with Gasteiger partial charge in [0.2, 0.25) is 0 Å². The Morgan fingerprint density at radius 2 is 2.08 bits per heavy atom. The van der Waals surface area contributed by atoms with Crippen LogP contribution in [0.2, 0.25) is 5.02 Å². The Balaban J connectivity index is 2.53. The van der Waals surface area contributed by atoms with E-state index in [1.54, 1.807) is 32.9 Å². The van der Waals surface area contributed by atoms with E-state index < -0.39 is 12.0 Å². The van der Waals surface area contributed by atoms with Crippen molar-refractivity contribution in [1.82, 2.24) is 10.6 Å². The van der Waals surface area contributed by atoms with E-state index in [4.69, 9.17) is 33.3 Å². The molecule has 1 aliphatic rings. The summed E-state index contributed by atoms with van der Waals surface area (Å²) in [6.45, 7) is 5.91. The predicted molar refractivity (Wildman–Crippen MR) is 95.2 cm³/mol. The number of esters is 1. The van der Waals surface area contributed by atoms with Gasteiger partial charge in [-0.2, -0.15) is 0 Å². The third-order valence-electron chi connectivity index (χ3n) is 3.45. The van der Waals surface area contributed by atoms with Crippen molar-refractivity contribution in [1.29, 1.82) is 0 Å². The van der Waals surface area contributed by atoms with Crippen LogP contribution in [0.4, 0.5) is 0 Å². The van der Waals surface area contributed by atoms with Crippen molar-refractivity contribution < 1.29 is 19.4 Å². The molecule has 8 heteroatoms. The van der Waals surface area contributed by atoms with Crippen LogP contribution in [0.1, 0.15) is 32.4 Å². The molecule has 1 heterocycles. The highest BCUT2D eigenvalue weighted by Crippen LogP contribution is 2.39. The van der Waals surface area contributed by atoms with E-state index in [0.29, 0.717) is 28.6 Å². The van der Waals surface area contributed by atoms with Crippen LogP contribution < -0.4 is 15.4 Å². The summed E-state index contributed by atoms with van der Waals surface area (Å²) in [5.41, 5.74) is 1.63. The summed E-state index contributed by atoms with van der Waals surface area (Å²) in [5, 5.41) is 16.5. The molecule has 1 aromatic rings. The third kappa shape index (κ3) is 3.73. The van der Waals surface area contributed by atoms with Crippen LogP contribution in [-0.2, 0) is 9.53 Å². The number of carbonyl (C=O) groups excluding carboxylic acids is 1. The third-order valence-corrected chi connectivity index (χ3v) is 3.96. The molecule has 0 radical (unpaired) electrons. The van der Waals surface area contributed by atoms with Crippen molar-refractivity contribution in [3.8, 4) is 11.5 Å². The number of hydrogen-bond acceptors (Lipinski definition) is 5. The maximum absolute atomic E-state index is 12.3. The molecule has 0 amide bonds. The van der Waals surface area contributed by atoms with Crippen molar-refractivity contribution in [2.24, 2.45) is 0 Å². The number of ether oxygens (including phenoxy) is 2. The van der Waals surface area contributed by atoms with Crippen molar-refractivity contribution in [2.75, 3.05) is 13.2 Å². The minimum atomic E-state index is -0.560. The molecule has 130 valence electrons. The second kappa shape index (κ2) is 7.72. The summed E-state index contributed by atoms with van der Waals surface area (Å²) in [7, 11) is 0. The van der Waals surface area contributed by atoms with E-state index in [9.17, 15) is 9.90 Å². The number of aromatic hydroxyl groups is 1. The molecule has 0 aliphatic carbocycles. The first-order valence-corrected chi connectivity index (χ1v) is 8.28. The molecule has 0 spiro atoms. The Kier molecular flexibility index (Phi) is 5.90. The van der Waals surface area contributed by atoms with Gasteiger partial charge in [0.25, 0.3) is 0 Å². The molecule has 0 unspecified atom stereocenters. The minimum absolute atomic E-state index is 0.128. The van der Waals surface area contributed by atoms with Crippen LogP contribution in [0.5, 0.6) is 11.5 Å². The topological polar surface area (TPSA) is 79.8 Å². The van der Waals surface area contributed by atoms with Crippen LogP contribution in [0.25, 0.3) is 0 Å². The lowest BCUT2D eigenvalue weighted by molar-refractivity contribution is -0.139. The molecule has 0 bridgehead atoms. The van der Waals surface area contributed by atoms with Crippen LogP contribution >= 0.6 is 23.8 Å². The summed E-state index contributed by atoms with van der Waals surface area (Å²) in [6, 6.07) is 2.63. The fourth-order valence-corrected chi connectivity index (χ4v) is 2.94. The number of phenolic OH excluding ortho intramolecular Hbond substituents is 1. The highest BCUT2D eigenvalue weighted by molar-refractivity contribution is 7.80. The molecule has 0 aromatic heterocycles. The number of carbonyl (C=O) groups is 1. The summed E-state index contributed by atoms with van der Waals surface area (Å²) in [6.07, 6.45) is 0. The monoisotopic (exact) mass is 370 g/mol. The minimum Gasteiger partial charge on any atom is -0.503 e. The summed E-state index contributed by atoms with van der Waals surface area (Å²) in [4.78, 5) is 12.3. The van der Waals surface area contributed by atoms with Gasteiger partial charge in [0.1, 0.15) is 0 Å². The maximum atomic E-state index is 12.3. The van der Waals surface area contributed by atoms with Crippen LogP contribution in [0.15, 0.2) is 23.4 Å². The highest BCUT2D eigenvalue weighted by Gasteiger charge is 2.31. The molecule has 24 heavy (non-hydrogen) atoms. The van der Waals surface area contributed by atoms with Crippen molar-refractivity contribution >= 4 is 34.9 Å². The lowest BCUT2D eigenvalue weighted by Gasteiger charge is -2.30. The summed E-state index contributed by atoms with van der Waals surface area (Å²) >= 11 is 11.3. The zero-order valence-electron chi connectivity index (χ0n) is 13.6. The largest absolute Gasteiger partial charge is 0.503 e. The van der Waals surface area contributed by atoms with Gasteiger partial charge in [-0.25, -0.2) is 4.79 Å². The van der Waals surface area contributed by atoms with Crippen LogP contribution in [-0.4, -0.2) is 29.4 Å². The molecule has 6 nitrogen and oxygen atoms in total. The number of halogens is 1. The number of hydrogen-bond donors (Lipinski definition) is 3. The van der Waals surface area contributed by atoms with Gasteiger partial charge in [-0.15, -0.1) is 0 Å². The van der Waals surface area contributed by atoms with Gasteiger partial charge in [-0.05, 0) is 50.7 Å². The standard InChI is InChI=1S/C16H19ClN2O4S/c1-4-22-11-7-9(6-10(17)14(11)20)13-12(15(21)23-5-2)8(3)18-16(24)19-13/h6-7,13,20H,4-5H2,1-3H3,(H2,18,19,24)/t13-/m0/s1. The number of phenols is 1. The molecule has 2 rings (SSSR count). The van der Waals surface area contributed by atoms with Crippen molar-refractivity contribution in [3.05, 3.63) is 34.0 Å². The number of nitrogens with one attached hydrogen (secondary N) is 2. The molecule has 0 fully saturated rings. The zero-order valence-corrected chi connectivity index (χ0v) is 15.2. The van der Waals surface area contributed by atoms with Gasteiger partial charge < -0.3 is 25.2 Å². The average molecular weight is 371 g/mol. The van der Waals surface area contributed by atoms with Gasteiger partial charge in [0, 0.05) is 5.70 Å². The predicted octanol–water partition coefficient (Wildman–Crippen LogP) is 2.80. The van der Waals surface area contributed by atoms with Gasteiger partial charge in [0.05, 0.1) is 29.9 Å². The van der Waals surface area contributed by atoms with E-state index in [1.807, 2.05) is 0 Å². The second-order valence-electron chi connectivity index (χ2n) is 5.07. The first kappa shape index (κ1) is 18.4. The molecular weight excluding hydrogens is 352 g/mol. The maximum Gasteiger partial charge on any atom is 0.338 e. The molecule has 0 saturated carbocycles. The zero-order chi connectivity index (χ0) is 17.9. The van der Waals surface area contributed by atoms with Crippen molar-refractivity contribution in [2.45, 2.75) is 26.8 Å². The molecule has 1 aromatic carbocycles. The molecular formula is C16H19ClN2O4S. The first-order valence-electron chi connectivity index (χ1n) is 7.49. The van der Waals surface area contributed by atoms with E-state index >= 15 is 0 Å². The molecule has 1 aliphatic heterocycles. The van der Waals surface area contributed by atoms with E-state index in [-0.39, 0.29) is 23.1 Å². The van der Waals surface area contributed by atoms with Crippen molar-refractivity contribution in [3.63, 3.8) is 0 Å². The van der Waals surface area contributed by atoms with Gasteiger partial charge in [-0.3, -0.25) is 0 Å². The SMILES string of the molecule is CCOC(=O)C1=C(C)NC(=S)N[C@H]1c1cc(Cl)c(O)c(OCC)c1. The van der Waals surface area contributed by atoms with Gasteiger partial charge in [0.15, 0.2) is 16.6 Å². The van der Waals surface area contributed by atoms with Crippen LogP contribution in [0.3, 0.4) is 0 Å². The van der Waals surface area contributed by atoms with E-state index in [1.165, 1.54) is 0 Å². The molecule has 3 N–H and O–H groups in total. The normalized spacial score (nSPS) is 17.2. The van der Waals surface area contributed by atoms with E-state index in [2.05, 4.69) is 10.6 Å². The number of allylic oxidation sites excluding steroid dienone is 1. The average Bonchev–Trinajstić information content (AvgIpc) is 2.51. The Morgan fingerprint density at radius 1 is 1.38 bits per heavy atom. The fraction of sp³-hybridized carbons (Fsp3) is 0.375. The van der Waals surface area contributed by atoms with E-state index in [0.717, 1.165) is 0 Å². The van der Waals surface area contributed by atoms with Crippen LogP contribution in [0, 0.1) is 0 Å². The summed E-state index contributed by atoms with van der Waals surface area (Å²) in [5.74, 6) is -0.353. The second-order valence-corrected chi connectivity index (χ2v) is 5.89. The Hall–Kier alpha value is -1.99. The Labute approximate surface area is 150 Å². The highest BCUT2D eigenvalue weighted by atomic mass is 35.5. The Bertz CT molecular complexity index is 706. The van der Waals surface area contributed by atoms with Gasteiger partial charge in [-0.1, -0.05) is 11.6 Å². The fourth-order valence-electron chi connectivity index (χ4n) is 2.45. The first-order chi connectivity index (χ1) is 11.4. The smallest absolute Gasteiger partial charge is 0.338 e. The number of benzene rings is 1. The molecule has 1 atom stereocenters. The quantitative estimate of drug-likeness (QED) is 0.543. The Morgan fingerprint density at radius 3 is 2.71 bits per heavy atom. The summed E-state index contributed by atoms with van der Waals surface area (Å²) < 4.78 is 10.5. The van der Waals surface area contributed by atoms with Gasteiger partial charge >= 0.3 is 5.97 Å². The lowest BCUT2D eigenvalue weighted by Crippen LogP contribution is -2.45.